The Balaban J connectivity index is 1.18. The number of ether oxygens (including phenoxy) is 1. The van der Waals surface area contributed by atoms with Crippen LogP contribution in [0.2, 0.25) is 0 Å². The highest BCUT2D eigenvalue weighted by molar-refractivity contribution is 7.90. The zero-order chi connectivity index (χ0) is 24.0. The first-order valence-corrected chi connectivity index (χ1v) is 13.6. The maximum atomic E-state index is 12.1. The van der Waals surface area contributed by atoms with E-state index in [4.69, 9.17) is 9.72 Å². The van der Waals surface area contributed by atoms with E-state index in [0.717, 1.165) is 56.9 Å². The molecule has 6 rings (SSSR count). The number of fused-ring (bicyclic) bond motifs is 1. The largest absolute Gasteiger partial charge is 0.380 e. The summed E-state index contributed by atoms with van der Waals surface area (Å²) in [5, 5.41) is 6.24. The van der Waals surface area contributed by atoms with Gasteiger partial charge in [-0.2, -0.15) is 0 Å². The molecule has 11 heteroatoms. The summed E-state index contributed by atoms with van der Waals surface area (Å²) < 4.78 is 29.6. The molecular weight excluding hydrogens is 466 g/mol. The van der Waals surface area contributed by atoms with Crippen molar-refractivity contribution in [1.82, 2.24) is 24.8 Å². The summed E-state index contributed by atoms with van der Waals surface area (Å²) in [6, 6.07) is 9.41. The maximum Gasteiger partial charge on any atom is 0.179 e. The lowest BCUT2D eigenvalue weighted by Gasteiger charge is -2.58. The summed E-state index contributed by atoms with van der Waals surface area (Å²) in [5.41, 5.74) is 2.86. The van der Waals surface area contributed by atoms with Crippen LogP contribution in [0.1, 0.15) is 30.1 Å². The fourth-order valence-electron chi connectivity index (χ4n) is 5.22. The van der Waals surface area contributed by atoms with Gasteiger partial charge in [0.2, 0.25) is 0 Å². The normalized spacial score (nSPS) is 21.0. The van der Waals surface area contributed by atoms with Gasteiger partial charge < -0.3 is 15.4 Å². The quantitative estimate of drug-likeness (QED) is 0.530. The molecule has 35 heavy (non-hydrogen) atoms. The number of anilines is 4. The van der Waals surface area contributed by atoms with Crippen molar-refractivity contribution in [2.45, 2.75) is 30.2 Å². The Hall–Kier alpha value is -3.15. The summed E-state index contributed by atoms with van der Waals surface area (Å²) in [6.45, 7) is 4.03. The molecule has 2 saturated heterocycles. The molecule has 0 amide bonds. The van der Waals surface area contributed by atoms with E-state index >= 15 is 0 Å². The van der Waals surface area contributed by atoms with Crippen molar-refractivity contribution in [1.29, 1.82) is 0 Å². The summed E-state index contributed by atoms with van der Waals surface area (Å²) in [6.07, 6.45) is 7.35. The lowest BCUT2D eigenvalue weighted by molar-refractivity contribution is -0.200. The number of nitrogens with zero attached hydrogens (tertiary/aromatic N) is 5. The second-order valence-corrected chi connectivity index (χ2v) is 11.7. The lowest BCUT2D eigenvalue weighted by atomic mass is 9.75. The molecule has 0 saturated carbocycles. The average molecular weight is 494 g/mol. The molecule has 182 valence electrons. The van der Waals surface area contributed by atoms with Gasteiger partial charge in [0.1, 0.15) is 34.5 Å². The number of hydrogen-bond acceptors (Lipinski definition) is 10. The first-order chi connectivity index (χ1) is 16.9. The van der Waals surface area contributed by atoms with Crippen molar-refractivity contribution < 1.29 is 13.2 Å². The minimum Gasteiger partial charge on any atom is -0.380 e. The van der Waals surface area contributed by atoms with Gasteiger partial charge in [0.25, 0.3) is 0 Å². The second kappa shape index (κ2) is 8.51. The maximum absolute atomic E-state index is 12.1. The number of hydrogen-bond donors (Lipinski definition) is 2. The van der Waals surface area contributed by atoms with Crippen molar-refractivity contribution in [2.24, 2.45) is 5.41 Å². The molecule has 3 aliphatic rings. The Kier molecular flexibility index (Phi) is 5.42. The minimum absolute atomic E-state index is 0.108. The van der Waals surface area contributed by atoms with Gasteiger partial charge in [0.15, 0.2) is 9.84 Å². The van der Waals surface area contributed by atoms with Gasteiger partial charge in [0, 0.05) is 48.8 Å². The van der Waals surface area contributed by atoms with Crippen molar-refractivity contribution in [3.05, 3.63) is 54.1 Å². The van der Waals surface area contributed by atoms with Crippen LogP contribution in [0, 0.1) is 5.41 Å². The van der Waals surface area contributed by atoms with E-state index in [0.29, 0.717) is 23.1 Å². The van der Waals surface area contributed by atoms with E-state index in [1.807, 2.05) is 6.07 Å². The minimum atomic E-state index is -3.44. The molecule has 10 nitrogen and oxygen atoms in total. The number of sulfone groups is 1. The van der Waals surface area contributed by atoms with E-state index in [1.165, 1.54) is 30.6 Å². The van der Waals surface area contributed by atoms with Gasteiger partial charge in [-0.1, -0.05) is 6.07 Å². The smallest absolute Gasteiger partial charge is 0.179 e. The van der Waals surface area contributed by atoms with Crippen LogP contribution in [-0.2, 0) is 21.0 Å². The van der Waals surface area contributed by atoms with Crippen LogP contribution in [-0.4, -0.2) is 65.8 Å². The number of aromatic nitrogens is 4. The molecule has 0 radical (unpaired) electrons. The highest BCUT2D eigenvalue weighted by Gasteiger charge is 2.51. The van der Waals surface area contributed by atoms with Gasteiger partial charge in [-0.25, -0.2) is 28.4 Å². The molecule has 2 fully saturated rings. The fraction of sp³-hybridized carbons (Fsp3) is 0.417. The van der Waals surface area contributed by atoms with E-state index in [2.05, 4.69) is 36.6 Å². The topological polar surface area (TPSA) is 122 Å². The first-order valence-electron chi connectivity index (χ1n) is 11.7. The van der Waals surface area contributed by atoms with Gasteiger partial charge in [-0.15, -0.1) is 0 Å². The number of pyridine rings is 2. The Morgan fingerprint density at radius 2 is 1.86 bits per heavy atom. The summed E-state index contributed by atoms with van der Waals surface area (Å²) >= 11 is 0. The van der Waals surface area contributed by atoms with Crippen LogP contribution in [0.15, 0.2) is 47.8 Å². The molecule has 0 aromatic carbocycles. The molecule has 1 aliphatic carbocycles. The standard InChI is InChI=1S/C24H27N7O3S/c1-35(32,33)19-6-3-9-25-23(19)30-22-10-21(26-15-27-22)29-20-8-7-16-17(28-20)4-2-5-18(16)31-11-24(12-31)13-34-14-24/h3,6-10,15,18H,2,4-5,11-14H2,1H3,(H2,25,26,27,28,29,30). The van der Waals surface area contributed by atoms with Crippen LogP contribution in [0.4, 0.5) is 23.3 Å². The lowest BCUT2D eigenvalue weighted by Crippen LogP contribution is -2.66. The predicted molar refractivity (Wildman–Crippen MR) is 131 cm³/mol. The highest BCUT2D eigenvalue weighted by atomic mass is 32.2. The molecule has 1 atom stereocenters. The Morgan fingerprint density at radius 3 is 2.60 bits per heavy atom. The van der Waals surface area contributed by atoms with E-state index in [1.54, 1.807) is 12.1 Å². The fourth-order valence-corrected chi connectivity index (χ4v) is 6.00. The number of likely N-dealkylation sites (tertiary alicyclic amines) is 1. The average Bonchev–Trinajstić information content (AvgIpc) is 2.77. The third-order valence-electron chi connectivity index (χ3n) is 6.93. The number of rotatable bonds is 6. The van der Waals surface area contributed by atoms with Crippen LogP contribution in [0.5, 0.6) is 0 Å². The van der Waals surface area contributed by atoms with E-state index in [9.17, 15) is 8.42 Å². The predicted octanol–water partition coefficient (Wildman–Crippen LogP) is 2.87. The molecular formula is C24H27N7O3S. The molecule has 1 spiro atoms. The zero-order valence-corrected chi connectivity index (χ0v) is 20.3. The van der Waals surface area contributed by atoms with Crippen molar-refractivity contribution in [2.75, 3.05) is 43.2 Å². The molecule has 2 N–H and O–H groups in total. The second-order valence-electron chi connectivity index (χ2n) is 9.70. The SMILES string of the molecule is CS(=O)(=O)c1cccnc1Nc1cc(Nc2ccc3c(n2)CCCC3N2CC3(COC3)C2)ncn1. The van der Waals surface area contributed by atoms with Crippen LogP contribution in [0.3, 0.4) is 0 Å². The monoisotopic (exact) mass is 493 g/mol. The summed E-state index contributed by atoms with van der Waals surface area (Å²) in [5.74, 6) is 1.92. The van der Waals surface area contributed by atoms with E-state index < -0.39 is 9.84 Å². The van der Waals surface area contributed by atoms with Crippen molar-refractivity contribution in [3.8, 4) is 0 Å². The van der Waals surface area contributed by atoms with Crippen LogP contribution in [0.25, 0.3) is 0 Å². The molecule has 1 unspecified atom stereocenters. The third kappa shape index (κ3) is 4.35. The number of aryl methyl sites for hydroxylation is 1. The first kappa shape index (κ1) is 22.3. The van der Waals surface area contributed by atoms with Gasteiger partial charge in [-0.05, 0) is 43.0 Å². The molecule has 2 aliphatic heterocycles. The Morgan fingerprint density at radius 1 is 1.06 bits per heavy atom. The van der Waals surface area contributed by atoms with E-state index in [-0.39, 0.29) is 10.7 Å². The molecule has 0 bridgehead atoms. The molecule has 3 aromatic rings. The molecule has 3 aromatic heterocycles. The molecule has 5 heterocycles. The van der Waals surface area contributed by atoms with Gasteiger partial charge in [-0.3, -0.25) is 4.90 Å². The van der Waals surface area contributed by atoms with Crippen molar-refractivity contribution >= 4 is 33.1 Å². The third-order valence-corrected chi connectivity index (χ3v) is 8.06. The van der Waals surface area contributed by atoms with Gasteiger partial charge >= 0.3 is 0 Å². The van der Waals surface area contributed by atoms with Crippen molar-refractivity contribution in [3.63, 3.8) is 0 Å². The van der Waals surface area contributed by atoms with Gasteiger partial charge in [0.05, 0.1) is 13.2 Å². The zero-order valence-electron chi connectivity index (χ0n) is 19.4. The van der Waals surface area contributed by atoms with Crippen LogP contribution >= 0.6 is 0 Å². The highest BCUT2D eigenvalue weighted by Crippen LogP contribution is 2.45. The van der Waals surface area contributed by atoms with Crippen LogP contribution < -0.4 is 10.6 Å². The number of nitrogens with one attached hydrogen (secondary N) is 2. The Labute approximate surface area is 204 Å². The Bertz CT molecular complexity index is 1370. The summed E-state index contributed by atoms with van der Waals surface area (Å²) in [4.78, 5) is 20.2. The summed E-state index contributed by atoms with van der Waals surface area (Å²) in [7, 11) is -3.44.